The van der Waals surface area contributed by atoms with Gasteiger partial charge in [-0.1, -0.05) is 11.6 Å². The molecule has 0 amide bonds. The van der Waals surface area contributed by atoms with Crippen LogP contribution in [0, 0.1) is 0 Å². The number of hydrogen-bond acceptors (Lipinski definition) is 4. The van der Waals surface area contributed by atoms with Gasteiger partial charge in [0.1, 0.15) is 6.42 Å². The summed E-state index contributed by atoms with van der Waals surface area (Å²) in [6.45, 7) is 0. The molecular weight excluding hydrogens is 308 g/mol. The fraction of sp³-hybridized carbons (Fsp3) is 0.182. The van der Waals surface area contributed by atoms with E-state index in [1.807, 2.05) is 0 Å². The Hall–Kier alpha value is -1.49. The van der Waals surface area contributed by atoms with Gasteiger partial charge in [0, 0.05) is 29.4 Å². The summed E-state index contributed by atoms with van der Waals surface area (Å²) >= 11 is 5.61. The second-order valence-electron chi connectivity index (χ2n) is 3.80. The largest absolute Gasteiger partial charge is 0.481 e. The molecule has 2 aromatic rings. The number of carboxylic acids is 1. The van der Waals surface area contributed by atoms with E-state index in [0.29, 0.717) is 0 Å². The molecule has 0 aliphatic rings. The molecule has 1 aromatic carbocycles. The molecule has 0 aliphatic carbocycles. The molecule has 1 heterocycles. The zero-order valence-corrected chi connectivity index (χ0v) is 11.4. The van der Waals surface area contributed by atoms with Gasteiger partial charge < -0.3 is 9.52 Å². The number of benzene rings is 1. The van der Waals surface area contributed by atoms with Crippen LogP contribution in [0.25, 0.3) is 11.5 Å². The Morgan fingerprint density at radius 3 is 2.52 bits per heavy atom. The summed E-state index contributed by atoms with van der Waals surface area (Å²) in [5, 5.41) is 15.3. The van der Waals surface area contributed by atoms with Gasteiger partial charge in [-0.2, -0.15) is 13.2 Å². The molecule has 1 aromatic heterocycles. The molecule has 107 valence electrons. The molecular formula is C11H6ClF3LiN2O3. The molecule has 21 heavy (non-hydrogen) atoms. The smallest absolute Gasteiger partial charge is 0.416 e. The third-order valence-corrected chi connectivity index (χ3v) is 2.46. The number of rotatable bonds is 3. The van der Waals surface area contributed by atoms with E-state index in [-0.39, 0.29) is 41.2 Å². The Kier molecular flexibility index (Phi) is 5.45. The summed E-state index contributed by atoms with van der Waals surface area (Å²) in [5.41, 5.74) is -0.994. The Bertz CT molecular complexity index is 660. The summed E-state index contributed by atoms with van der Waals surface area (Å²) in [6.07, 6.45) is -5.08. The predicted octanol–water partition coefficient (Wildman–Crippen LogP) is 2.66. The van der Waals surface area contributed by atoms with Gasteiger partial charge in [0.15, 0.2) is 0 Å². The number of hydrogen-bond donors (Lipinski definition) is 1. The zero-order valence-electron chi connectivity index (χ0n) is 10.6. The number of aromatic nitrogens is 2. The minimum atomic E-state index is -4.57. The van der Waals surface area contributed by atoms with E-state index in [2.05, 4.69) is 10.2 Å². The van der Waals surface area contributed by atoms with E-state index in [4.69, 9.17) is 21.1 Å². The van der Waals surface area contributed by atoms with Crippen molar-refractivity contribution in [3.8, 4) is 11.5 Å². The molecule has 0 fully saturated rings. The van der Waals surface area contributed by atoms with Crippen molar-refractivity contribution in [1.29, 1.82) is 0 Å². The maximum atomic E-state index is 12.6. The van der Waals surface area contributed by atoms with Crippen molar-refractivity contribution in [1.82, 2.24) is 10.2 Å². The molecule has 0 unspecified atom stereocenters. The Morgan fingerprint density at radius 2 is 1.95 bits per heavy atom. The first kappa shape index (κ1) is 17.6. The topological polar surface area (TPSA) is 76.2 Å². The second kappa shape index (κ2) is 6.52. The number of nitrogens with zero attached hydrogens (tertiary/aromatic N) is 2. The molecule has 2 rings (SSSR count). The minimum Gasteiger partial charge on any atom is -0.481 e. The van der Waals surface area contributed by atoms with Crippen molar-refractivity contribution >= 4 is 36.4 Å². The van der Waals surface area contributed by atoms with E-state index >= 15 is 0 Å². The van der Waals surface area contributed by atoms with Crippen LogP contribution in [0.1, 0.15) is 11.5 Å². The van der Waals surface area contributed by atoms with E-state index in [9.17, 15) is 18.0 Å². The Labute approximate surface area is 133 Å². The molecule has 0 atom stereocenters. The van der Waals surface area contributed by atoms with E-state index in [0.717, 1.165) is 12.1 Å². The second-order valence-corrected chi connectivity index (χ2v) is 4.23. The predicted molar refractivity (Wildman–Crippen MR) is 66.8 cm³/mol. The third-order valence-electron chi connectivity index (χ3n) is 2.24. The SMILES string of the molecule is O=C(O)Cc1nnc(-c2cc(Cl)cc(C(F)(F)F)c2)o1.[Li]. The third kappa shape index (κ3) is 4.49. The van der Waals surface area contributed by atoms with Gasteiger partial charge >= 0.3 is 12.1 Å². The first-order chi connectivity index (χ1) is 9.25. The van der Waals surface area contributed by atoms with Crippen molar-refractivity contribution in [3.63, 3.8) is 0 Å². The van der Waals surface area contributed by atoms with Crippen LogP contribution in [-0.4, -0.2) is 40.1 Å². The molecule has 1 radical (unpaired) electrons. The van der Waals surface area contributed by atoms with Gasteiger partial charge in [-0.05, 0) is 18.2 Å². The van der Waals surface area contributed by atoms with Gasteiger partial charge in [0.25, 0.3) is 0 Å². The van der Waals surface area contributed by atoms with Crippen LogP contribution in [0.15, 0.2) is 22.6 Å². The van der Waals surface area contributed by atoms with Crippen molar-refractivity contribution in [2.24, 2.45) is 0 Å². The average Bonchev–Trinajstić information content (AvgIpc) is 2.74. The fourth-order valence-corrected chi connectivity index (χ4v) is 1.68. The summed E-state index contributed by atoms with van der Waals surface area (Å²) < 4.78 is 42.9. The quantitative estimate of drug-likeness (QED) is 0.882. The Morgan fingerprint density at radius 1 is 1.29 bits per heavy atom. The van der Waals surface area contributed by atoms with Crippen molar-refractivity contribution < 1.29 is 27.5 Å². The van der Waals surface area contributed by atoms with Gasteiger partial charge in [-0.25, -0.2) is 0 Å². The van der Waals surface area contributed by atoms with Gasteiger partial charge in [-0.15, -0.1) is 10.2 Å². The molecule has 5 nitrogen and oxygen atoms in total. The summed E-state index contributed by atoms with van der Waals surface area (Å²) in [5.74, 6) is -1.63. The first-order valence-corrected chi connectivity index (χ1v) is 5.56. The van der Waals surface area contributed by atoms with E-state index < -0.39 is 24.1 Å². The molecule has 10 heteroatoms. The van der Waals surface area contributed by atoms with Crippen LogP contribution in [-0.2, 0) is 17.4 Å². The van der Waals surface area contributed by atoms with Crippen LogP contribution in [0.3, 0.4) is 0 Å². The van der Waals surface area contributed by atoms with E-state index in [1.54, 1.807) is 0 Å². The molecule has 0 aliphatic heterocycles. The maximum Gasteiger partial charge on any atom is 0.416 e. The zero-order chi connectivity index (χ0) is 14.9. The van der Waals surface area contributed by atoms with Crippen LogP contribution >= 0.6 is 11.6 Å². The first-order valence-electron chi connectivity index (χ1n) is 5.18. The number of halogens is 4. The summed E-state index contributed by atoms with van der Waals surface area (Å²) in [6, 6.07) is 2.78. The molecule has 1 N–H and O–H groups in total. The fourth-order valence-electron chi connectivity index (χ4n) is 1.45. The maximum absolute atomic E-state index is 12.6. The molecule has 0 spiro atoms. The van der Waals surface area contributed by atoms with Gasteiger partial charge in [0.05, 0.1) is 5.56 Å². The van der Waals surface area contributed by atoms with Crippen LogP contribution < -0.4 is 0 Å². The van der Waals surface area contributed by atoms with Crippen molar-refractivity contribution in [3.05, 3.63) is 34.7 Å². The minimum absolute atomic E-state index is 0. The number of carboxylic acid groups (broad SMARTS) is 1. The van der Waals surface area contributed by atoms with E-state index in [1.165, 1.54) is 6.07 Å². The number of alkyl halides is 3. The van der Waals surface area contributed by atoms with Crippen molar-refractivity contribution in [2.45, 2.75) is 12.6 Å². The van der Waals surface area contributed by atoms with Crippen molar-refractivity contribution in [2.75, 3.05) is 0 Å². The van der Waals surface area contributed by atoms with Crippen LogP contribution in [0.5, 0.6) is 0 Å². The standard InChI is InChI=1S/C11H6ClF3N2O3.Li/c12-7-2-5(1-6(3-7)11(13,14)15)10-17-16-8(20-10)4-9(18)19;/h1-3H,4H2,(H,18,19);. The molecule has 0 bridgehead atoms. The Balaban J connectivity index is 0.00000220. The number of aliphatic carboxylic acids is 1. The average molecular weight is 314 g/mol. The molecule has 0 saturated carbocycles. The molecule has 0 saturated heterocycles. The van der Waals surface area contributed by atoms with Gasteiger partial charge in [-0.3, -0.25) is 4.79 Å². The summed E-state index contributed by atoms with van der Waals surface area (Å²) in [4.78, 5) is 10.5. The monoisotopic (exact) mass is 313 g/mol. The normalized spacial score (nSPS) is 11.0. The summed E-state index contributed by atoms with van der Waals surface area (Å²) in [7, 11) is 0. The van der Waals surface area contributed by atoms with Gasteiger partial charge in [0.2, 0.25) is 11.8 Å². The number of carbonyl (C=O) groups is 1. The van der Waals surface area contributed by atoms with Crippen LogP contribution in [0.2, 0.25) is 5.02 Å². The van der Waals surface area contributed by atoms with Crippen LogP contribution in [0.4, 0.5) is 13.2 Å².